The SMILES string of the molecule is Cc1cc(C)n2ncc(C(=O)N[C@H](C)CN)c2n1. The fraction of sp³-hybridized carbons (Fsp3) is 0.417. The van der Waals surface area contributed by atoms with Gasteiger partial charge in [0.15, 0.2) is 5.65 Å². The molecule has 2 aromatic heterocycles. The molecule has 0 unspecified atom stereocenters. The van der Waals surface area contributed by atoms with Crippen LogP contribution in [0.4, 0.5) is 0 Å². The average molecular weight is 247 g/mol. The first-order chi connectivity index (χ1) is 8.52. The van der Waals surface area contributed by atoms with Crippen molar-refractivity contribution >= 4 is 11.6 Å². The number of amides is 1. The molecule has 2 rings (SSSR count). The summed E-state index contributed by atoms with van der Waals surface area (Å²) in [5.74, 6) is -0.194. The summed E-state index contributed by atoms with van der Waals surface area (Å²) in [4.78, 5) is 16.4. The molecule has 1 atom stereocenters. The molecule has 0 radical (unpaired) electrons. The molecule has 3 N–H and O–H groups in total. The molecule has 0 aliphatic heterocycles. The maximum absolute atomic E-state index is 12.1. The van der Waals surface area contributed by atoms with Crippen molar-refractivity contribution in [3.8, 4) is 0 Å². The van der Waals surface area contributed by atoms with Crippen LogP contribution in [0.1, 0.15) is 28.7 Å². The first kappa shape index (κ1) is 12.5. The fourth-order valence-corrected chi connectivity index (χ4v) is 1.79. The van der Waals surface area contributed by atoms with E-state index in [2.05, 4.69) is 15.4 Å². The van der Waals surface area contributed by atoms with Gasteiger partial charge in [0.25, 0.3) is 5.91 Å². The highest BCUT2D eigenvalue weighted by Gasteiger charge is 2.16. The van der Waals surface area contributed by atoms with Gasteiger partial charge in [0.1, 0.15) is 5.56 Å². The number of fused-ring (bicyclic) bond motifs is 1. The fourth-order valence-electron chi connectivity index (χ4n) is 1.79. The van der Waals surface area contributed by atoms with Crippen molar-refractivity contribution in [2.45, 2.75) is 26.8 Å². The van der Waals surface area contributed by atoms with E-state index < -0.39 is 0 Å². The molecule has 0 fully saturated rings. The molecule has 0 aliphatic carbocycles. The number of nitrogens with two attached hydrogens (primary N) is 1. The van der Waals surface area contributed by atoms with Crippen LogP contribution in [0.3, 0.4) is 0 Å². The van der Waals surface area contributed by atoms with Crippen molar-refractivity contribution in [3.63, 3.8) is 0 Å². The normalized spacial score (nSPS) is 12.7. The lowest BCUT2D eigenvalue weighted by atomic mass is 10.2. The number of aryl methyl sites for hydroxylation is 2. The van der Waals surface area contributed by atoms with Gasteiger partial charge in [0.05, 0.1) is 6.20 Å². The standard InChI is InChI=1S/C12H17N5O/c1-7-4-9(3)17-11(15-7)10(6-14-17)12(18)16-8(2)5-13/h4,6,8H,5,13H2,1-3H3,(H,16,18)/t8-/m1/s1. The van der Waals surface area contributed by atoms with Gasteiger partial charge < -0.3 is 11.1 Å². The Morgan fingerprint density at radius 1 is 1.56 bits per heavy atom. The van der Waals surface area contributed by atoms with Crippen molar-refractivity contribution in [3.05, 3.63) is 29.2 Å². The monoisotopic (exact) mass is 247 g/mol. The van der Waals surface area contributed by atoms with Crippen LogP contribution in [-0.2, 0) is 0 Å². The van der Waals surface area contributed by atoms with Gasteiger partial charge in [-0.1, -0.05) is 0 Å². The Kier molecular flexibility index (Phi) is 3.29. The third kappa shape index (κ3) is 2.19. The topological polar surface area (TPSA) is 85.3 Å². The van der Waals surface area contributed by atoms with Gasteiger partial charge in [-0.3, -0.25) is 4.79 Å². The summed E-state index contributed by atoms with van der Waals surface area (Å²) in [6, 6.07) is 1.85. The smallest absolute Gasteiger partial charge is 0.257 e. The van der Waals surface area contributed by atoms with E-state index in [1.807, 2.05) is 26.8 Å². The minimum atomic E-state index is -0.194. The van der Waals surface area contributed by atoms with Crippen molar-refractivity contribution in [2.75, 3.05) is 6.54 Å². The van der Waals surface area contributed by atoms with Crippen molar-refractivity contribution in [1.29, 1.82) is 0 Å². The van der Waals surface area contributed by atoms with Crippen LogP contribution < -0.4 is 11.1 Å². The molecule has 1 amide bonds. The van der Waals surface area contributed by atoms with Gasteiger partial charge in [-0.2, -0.15) is 5.10 Å². The number of rotatable bonds is 3. The summed E-state index contributed by atoms with van der Waals surface area (Å²) < 4.78 is 1.66. The molecule has 6 heteroatoms. The maximum Gasteiger partial charge on any atom is 0.257 e. The molecular weight excluding hydrogens is 230 g/mol. The van der Waals surface area contributed by atoms with Crippen LogP contribution in [0.2, 0.25) is 0 Å². The molecule has 0 aliphatic rings. The summed E-state index contributed by atoms with van der Waals surface area (Å²) in [7, 11) is 0. The molecule has 6 nitrogen and oxygen atoms in total. The maximum atomic E-state index is 12.1. The van der Waals surface area contributed by atoms with Crippen molar-refractivity contribution in [1.82, 2.24) is 19.9 Å². The second-order valence-electron chi connectivity index (χ2n) is 4.44. The number of hydrogen-bond acceptors (Lipinski definition) is 4. The molecule has 18 heavy (non-hydrogen) atoms. The van der Waals surface area contributed by atoms with E-state index in [0.717, 1.165) is 11.4 Å². The van der Waals surface area contributed by atoms with Gasteiger partial charge >= 0.3 is 0 Å². The Balaban J connectivity index is 2.43. The predicted molar refractivity (Wildman–Crippen MR) is 68.4 cm³/mol. The summed E-state index contributed by atoms with van der Waals surface area (Å²) >= 11 is 0. The lowest BCUT2D eigenvalue weighted by molar-refractivity contribution is 0.0942. The Morgan fingerprint density at radius 2 is 2.28 bits per heavy atom. The van der Waals surface area contributed by atoms with Crippen LogP contribution in [0, 0.1) is 13.8 Å². The van der Waals surface area contributed by atoms with Gasteiger partial charge in [-0.15, -0.1) is 0 Å². The van der Waals surface area contributed by atoms with E-state index in [0.29, 0.717) is 17.8 Å². The largest absolute Gasteiger partial charge is 0.348 e. The van der Waals surface area contributed by atoms with E-state index >= 15 is 0 Å². The summed E-state index contributed by atoms with van der Waals surface area (Å²) in [5, 5.41) is 6.98. The highest BCUT2D eigenvalue weighted by Crippen LogP contribution is 2.11. The third-order valence-corrected chi connectivity index (χ3v) is 2.75. The lowest BCUT2D eigenvalue weighted by Gasteiger charge is -2.10. The Labute approximate surface area is 105 Å². The van der Waals surface area contributed by atoms with E-state index in [-0.39, 0.29) is 11.9 Å². The van der Waals surface area contributed by atoms with Gasteiger partial charge in [0.2, 0.25) is 0 Å². The van der Waals surface area contributed by atoms with Gasteiger partial charge in [0, 0.05) is 24.0 Å². The first-order valence-corrected chi connectivity index (χ1v) is 5.86. The quantitative estimate of drug-likeness (QED) is 0.823. The molecule has 2 aromatic rings. The van der Waals surface area contributed by atoms with Crippen LogP contribution >= 0.6 is 0 Å². The van der Waals surface area contributed by atoms with Crippen LogP contribution in [0.5, 0.6) is 0 Å². The number of hydrogen-bond donors (Lipinski definition) is 2. The molecule has 2 heterocycles. The van der Waals surface area contributed by atoms with E-state index in [1.165, 1.54) is 6.20 Å². The van der Waals surface area contributed by atoms with E-state index in [1.54, 1.807) is 4.52 Å². The average Bonchev–Trinajstić information content (AvgIpc) is 2.72. The van der Waals surface area contributed by atoms with Gasteiger partial charge in [-0.05, 0) is 26.8 Å². The molecule has 0 saturated heterocycles. The summed E-state index contributed by atoms with van der Waals surface area (Å²) in [6.07, 6.45) is 1.54. The Morgan fingerprint density at radius 3 is 2.94 bits per heavy atom. The molecule has 0 bridgehead atoms. The van der Waals surface area contributed by atoms with Crippen LogP contribution in [0.25, 0.3) is 5.65 Å². The molecule has 96 valence electrons. The van der Waals surface area contributed by atoms with E-state index in [4.69, 9.17) is 5.73 Å². The second kappa shape index (κ2) is 4.73. The minimum Gasteiger partial charge on any atom is -0.348 e. The van der Waals surface area contributed by atoms with Crippen molar-refractivity contribution in [2.24, 2.45) is 5.73 Å². The van der Waals surface area contributed by atoms with E-state index in [9.17, 15) is 4.79 Å². The summed E-state index contributed by atoms with van der Waals surface area (Å²) in [6.45, 7) is 6.08. The van der Waals surface area contributed by atoms with Gasteiger partial charge in [-0.25, -0.2) is 9.50 Å². The number of nitrogens with zero attached hydrogens (tertiary/aromatic N) is 3. The lowest BCUT2D eigenvalue weighted by Crippen LogP contribution is -2.37. The predicted octanol–water partition coefficient (Wildman–Crippen LogP) is 0.423. The Hall–Kier alpha value is -1.95. The number of nitrogens with one attached hydrogen (secondary N) is 1. The highest BCUT2D eigenvalue weighted by molar-refractivity contribution is 5.99. The molecule has 0 aromatic carbocycles. The first-order valence-electron chi connectivity index (χ1n) is 5.86. The zero-order chi connectivity index (χ0) is 13.3. The molecular formula is C12H17N5O. The summed E-state index contributed by atoms with van der Waals surface area (Å²) in [5.41, 5.74) is 8.35. The zero-order valence-electron chi connectivity index (χ0n) is 10.8. The zero-order valence-corrected chi connectivity index (χ0v) is 10.8. The van der Waals surface area contributed by atoms with Crippen molar-refractivity contribution < 1.29 is 4.79 Å². The van der Waals surface area contributed by atoms with Crippen LogP contribution in [-0.4, -0.2) is 33.1 Å². The minimum absolute atomic E-state index is 0.0710. The van der Waals surface area contributed by atoms with Crippen LogP contribution in [0.15, 0.2) is 12.3 Å². The second-order valence-corrected chi connectivity index (χ2v) is 4.44. The molecule has 0 spiro atoms. The number of aromatic nitrogens is 3. The number of carbonyl (C=O) groups excluding carboxylic acids is 1. The highest BCUT2D eigenvalue weighted by atomic mass is 16.1. The molecule has 0 saturated carbocycles. The number of carbonyl (C=O) groups is 1. The third-order valence-electron chi connectivity index (χ3n) is 2.75. The Bertz CT molecular complexity index is 589.